The molecule has 2 aromatic rings. The zero-order valence-corrected chi connectivity index (χ0v) is 11.6. The van der Waals surface area contributed by atoms with Gasteiger partial charge in [0, 0.05) is 24.1 Å². The van der Waals surface area contributed by atoms with Crippen LogP contribution in [0, 0.1) is 16.8 Å². The molecule has 0 bridgehead atoms. The molecular weight excluding hydrogens is 294 g/mol. The van der Waals surface area contributed by atoms with Crippen LogP contribution in [-0.4, -0.2) is 17.6 Å². The summed E-state index contributed by atoms with van der Waals surface area (Å²) in [4.78, 5) is 15.8. The Kier molecular flexibility index (Phi) is 3.50. The standard InChI is InChI=1S/C15H11F2N2O3/c1-2-22-15(20)8-3-10-9-4-11(16)12(17)5-13(9)18-6-14(10)19(21)7-8/h4-7H,2-3H2,1H3/q-1. The van der Waals surface area contributed by atoms with Crippen LogP contribution in [0.2, 0.25) is 0 Å². The van der Waals surface area contributed by atoms with Crippen molar-refractivity contribution in [2.24, 2.45) is 0 Å². The maximum absolute atomic E-state index is 13.5. The molecule has 22 heavy (non-hydrogen) atoms. The van der Waals surface area contributed by atoms with Gasteiger partial charge in [-0.05, 0) is 18.6 Å². The highest BCUT2D eigenvalue weighted by atomic mass is 19.2. The van der Waals surface area contributed by atoms with Crippen molar-refractivity contribution in [2.45, 2.75) is 13.3 Å². The third-order valence-electron chi connectivity index (χ3n) is 3.41. The Morgan fingerprint density at radius 2 is 2.14 bits per heavy atom. The molecule has 0 saturated heterocycles. The number of ether oxygens (including phenoxy) is 1. The Morgan fingerprint density at radius 1 is 1.41 bits per heavy atom. The van der Waals surface area contributed by atoms with E-state index in [2.05, 4.69) is 4.98 Å². The van der Waals surface area contributed by atoms with Crippen LogP contribution in [0.3, 0.4) is 0 Å². The molecule has 0 atom stereocenters. The van der Waals surface area contributed by atoms with Crippen LogP contribution in [0.25, 0.3) is 10.9 Å². The van der Waals surface area contributed by atoms with Crippen LogP contribution in [0.1, 0.15) is 12.5 Å². The molecule has 3 rings (SSSR count). The summed E-state index contributed by atoms with van der Waals surface area (Å²) in [5, 5.41) is 12.8. The first-order chi connectivity index (χ1) is 10.5. The van der Waals surface area contributed by atoms with Gasteiger partial charge in [-0.3, -0.25) is 4.98 Å². The molecule has 114 valence electrons. The van der Waals surface area contributed by atoms with Crippen LogP contribution in [0.5, 0.6) is 0 Å². The Bertz CT molecular complexity index is 805. The molecule has 0 spiro atoms. The molecule has 1 aliphatic heterocycles. The normalized spacial score (nSPS) is 13.8. The van der Waals surface area contributed by atoms with Gasteiger partial charge in [0.1, 0.15) is 0 Å². The van der Waals surface area contributed by atoms with Gasteiger partial charge in [-0.2, -0.15) is 0 Å². The predicted molar refractivity (Wildman–Crippen MR) is 75.9 cm³/mol. The fraction of sp³-hybridized carbons (Fsp3) is 0.200. The summed E-state index contributed by atoms with van der Waals surface area (Å²) in [6.07, 6.45) is 2.49. The topological polar surface area (TPSA) is 65.5 Å². The lowest BCUT2D eigenvalue weighted by molar-refractivity contribution is -0.138. The number of esters is 1. The van der Waals surface area contributed by atoms with E-state index in [9.17, 15) is 18.8 Å². The van der Waals surface area contributed by atoms with Crippen LogP contribution in [-0.2, 0) is 16.0 Å². The lowest BCUT2D eigenvalue weighted by Gasteiger charge is -2.33. The molecule has 1 aromatic carbocycles. The van der Waals surface area contributed by atoms with E-state index in [-0.39, 0.29) is 29.8 Å². The van der Waals surface area contributed by atoms with Crippen molar-refractivity contribution < 1.29 is 18.3 Å². The van der Waals surface area contributed by atoms with Gasteiger partial charge in [0.15, 0.2) is 11.6 Å². The summed E-state index contributed by atoms with van der Waals surface area (Å²) in [5.41, 5.74) is 0.994. The van der Waals surface area contributed by atoms with Crippen LogP contribution in [0.15, 0.2) is 30.1 Å². The van der Waals surface area contributed by atoms with Gasteiger partial charge >= 0.3 is 5.97 Å². The van der Waals surface area contributed by atoms with E-state index in [0.29, 0.717) is 16.0 Å². The summed E-state index contributed by atoms with van der Waals surface area (Å²) in [6, 6.07) is 1.95. The third kappa shape index (κ3) is 2.29. The van der Waals surface area contributed by atoms with Crippen LogP contribution >= 0.6 is 0 Å². The fourth-order valence-corrected chi connectivity index (χ4v) is 2.40. The maximum Gasteiger partial charge on any atom is 0.335 e. The van der Waals surface area contributed by atoms with Crippen molar-refractivity contribution in [3.63, 3.8) is 0 Å². The van der Waals surface area contributed by atoms with Crippen molar-refractivity contribution in [2.75, 3.05) is 11.7 Å². The molecule has 0 radical (unpaired) electrons. The number of hydrogen-bond donors (Lipinski definition) is 0. The number of anilines is 1. The molecule has 0 amide bonds. The maximum atomic E-state index is 13.5. The number of hydrogen-bond acceptors (Lipinski definition) is 5. The summed E-state index contributed by atoms with van der Waals surface area (Å²) >= 11 is 0. The number of benzene rings is 1. The second-order valence-corrected chi connectivity index (χ2v) is 4.78. The van der Waals surface area contributed by atoms with Crippen LogP contribution < -0.4 is 5.06 Å². The number of rotatable bonds is 2. The zero-order valence-electron chi connectivity index (χ0n) is 11.6. The molecule has 5 nitrogen and oxygen atoms in total. The average Bonchev–Trinajstić information content (AvgIpc) is 2.48. The number of pyridine rings is 1. The van der Waals surface area contributed by atoms with E-state index >= 15 is 0 Å². The molecule has 0 fully saturated rings. The fourth-order valence-electron chi connectivity index (χ4n) is 2.40. The van der Waals surface area contributed by atoms with E-state index in [0.717, 1.165) is 18.3 Å². The van der Waals surface area contributed by atoms with Gasteiger partial charge in [0.25, 0.3) is 0 Å². The van der Waals surface area contributed by atoms with Gasteiger partial charge in [0.05, 0.1) is 29.6 Å². The van der Waals surface area contributed by atoms with Crippen molar-refractivity contribution in [1.29, 1.82) is 0 Å². The molecule has 0 aliphatic carbocycles. The molecule has 7 heteroatoms. The quantitative estimate of drug-likeness (QED) is 0.798. The highest BCUT2D eigenvalue weighted by molar-refractivity contribution is 5.95. The number of carbonyl (C=O) groups is 1. The van der Waals surface area contributed by atoms with Gasteiger partial charge in [-0.15, -0.1) is 0 Å². The van der Waals surface area contributed by atoms with Gasteiger partial charge < -0.3 is 15.0 Å². The largest absolute Gasteiger partial charge is 0.754 e. The zero-order chi connectivity index (χ0) is 15.9. The molecule has 2 heterocycles. The minimum absolute atomic E-state index is 0.0942. The first-order valence-corrected chi connectivity index (χ1v) is 6.62. The van der Waals surface area contributed by atoms with Crippen molar-refractivity contribution in [3.8, 4) is 0 Å². The van der Waals surface area contributed by atoms with Crippen molar-refractivity contribution in [3.05, 3.63) is 52.5 Å². The first kappa shape index (κ1) is 14.4. The number of nitrogens with zero attached hydrogens (tertiary/aromatic N) is 2. The second-order valence-electron chi connectivity index (χ2n) is 4.78. The number of halogens is 2. The van der Waals surface area contributed by atoms with E-state index in [1.807, 2.05) is 0 Å². The van der Waals surface area contributed by atoms with Gasteiger partial charge in [-0.25, -0.2) is 13.6 Å². The number of hydroxylamine groups is 1. The van der Waals surface area contributed by atoms with Crippen molar-refractivity contribution in [1.82, 2.24) is 4.98 Å². The first-order valence-electron chi connectivity index (χ1n) is 6.62. The van der Waals surface area contributed by atoms with E-state index in [4.69, 9.17) is 4.74 Å². The Labute approximate surface area is 124 Å². The molecule has 0 saturated carbocycles. The predicted octanol–water partition coefficient (Wildman–Crippen LogP) is 2.82. The monoisotopic (exact) mass is 305 g/mol. The van der Waals surface area contributed by atoms with E-state index in [1.54, 1.807) is 6.92 Å². The smallest absolute Gasteiger partial charge is 0.335 e. The number of fused-ring (bicyclic) bond motifs is 3. The summed E-state index contributed by atoms with van der Waals surface area (Å²) in [6.45, 7) is 1.83. The number of aromatic nitrogens is 1. The molecule has 1 aliphatic rings. The van der Waals surface area contributed by atoms with Crippen molar-refractivity contribution >= 4 is 22.6 Å². The van der Waals surface area contributed by atoms with E-state index < -0.39 is 17.6 Å². The minimum atomic E-state index is -1.03. The Balaban J connectivity index is 2.14. The summed E-state index contributed by atoms with van der Waals surface area (Å²) < 4.78 is 31.7. The lowest BCUT2D eigenvalue weighted by atomic mass is 9.97. The van der Waals surface area contributed by atoms with Gasteiger partial charge in [-0.1, -0.05) is 0 Å². The van der Waals surface area contributed by atoms with Crippen LogP contribution in [0.4, 0.5) is 14.5 Å². The second kappa shape index (κ2) is 5.34. The van der Waals surface area contributed by atoms with E-state index in [1.165, 1.54) is 6.20 Å². The Morgan fingerprint density at radius 3 is 2.86 bits per heavy atom. The third-order valence-corrected chi connectivity index (χ3v) is 3.41. The average molecular weight is 305 g/mol. The molecule has 0 N–H and O–H groups in total. The lowest BCUT2D eigenvalue weighted by Crippen LogP contribution is -2.21. The summed E-state index contributed by atoms with van der Waals surface area (Å²) in [5.74, 6) is -2.66. The summed E-state index contributed by atoms with van der Waals surface area (Å²) in [7, 11) is 0. The highest BCUT2D eigenvalue weighted by Gasteiger charge is 2.22. The molecular formula is C15H11F2N2O3-. The molecule has 1 aromatic heterocycles. The highest BCUT2D eigenvalue weighted by Crippen LogP contribution is 2.34. The SMILES string of the molecule is CCOC(=O)C1=CN([O-])c2cnc3cc(F)c(F)cc3c2C1. The minimum Gasteiger partial charge on any atom is -0.754 e. The Hall–Kier alpha value is -2.54. The van der Waals surface area contributed by atoms with Gasteiger partial charge in [0.2, 0.25) is 0 Å². The molecule has 0 unspecified atom stereocenters. The number of carbonyl (C=O) groups excluding carboxylic acids is 1.